The third kappa shape index (κ3) is 3.40. The minimum absolute atomic E-state index is 0.0744. The number of amides is 1. The van der Waals surface area contributed by atoms with Crippen molar-refractivity contribution >= 4 is 40.3 Å². The van der Waals surface area contributed by atoms with Gasteiger partial charge in [0.05, 0.1) is 12.0 Å². The molecule has 2 heterocycles. The molecule has 172 valence electrons. The monoisotopic (exact) mass is 478 g/mol. The van der Waals surface area contributed by atoms with Crippen LogP contribution in [0.25, 0.3) is 6.08 Å². The lowest BCUT2D eigenvalue weighted by Gasteiger charge is -2.57. The highest BCUT2D eigenvalue weighted by molar-refractivity contribution is 8.27. The van der Waals surface area contributed by atoms with E-state index in [1.165, 1.54) is 55.9 Å². The van der Waals surface area contributed by atoms with E-state index in [0.717, 1.165) is 40.5 Å². The van der Waals surface area contributed by atoms with Crippen LogP contribution in [0.1, 0.15) is 61.0 Å². The molecule has 0 radical (unpaired) electrons. The molecular weight excluding hydrogens is 448 g/mol. The lowest BCUT2D eigenvalue weighted by molar-refractivity contribution is -0.114. The predicted molar refractivity (Wildman–Crippen MR) is 138 cm³/mol. The number of carbonyl (C=O) groups is 1. The third-order valence-electron chi connectivity index (χ3n) is 8.37. The van der Waals surface area contributed by atoms with E-state index >= 15 is 0 Å². The molecule has 6 heteroatoms. The number of hydrogen-bond donors (Lipinski definition) is 0. The maximum absolute atomic E-state index is 13.4. The number of thiocarbonyl (C=S) groups is 1. The van der Waals surface area contributed by atoms with Crippen LogP contribution in [0.2, 0.25) is 0 Å². The van der Waals surface area contributed by atoms with E-state index in [9.17, 15) is 4.79 Å². The van der Waals surface area contributed by atoms with Gasteiger partial charge in [-0.15, -0.1) is 0 Å². The van der Waals surface area contributed by atoms with Crippen molar-refractivity contribution in [3.63, 3.8) is 0 Å². The summed E-state index contributed by atoms with van der Waals surface area (Å²) in [6.07, 6.45) is 10.2. The molecule has 4 aliphatic carbocycles. The first-order chi connectivity index (χ1) is 15.9. The fourth-order valence-corrected chi connectivity index (χ4v) is 8.62. The van der Waals surface area contributed by atoms with Crippen LogP contribution in [-0.4, -0.2) is 22.0 Å². The van der Waals surface area contributed by atoms with Crippen LogP contribution in [0.15, 0.2) is 35.2 Å². The number of hydrogen-bond acceptors (Lipinski definition) is 4. The predicted octanol–water partition coefficient (Wildman–Crippen LogP) is 6.12. The summed E-state index contributed by atoms with van der Waals surface area (Å²) >= 11 is 6.99. The van der Waals surface area contributed by atoms with E-state index in [4.69, 9.17) is 17.0 Å². The van der Waals surface area contributed by atoms with Crippen molar-refractivity contribution in [2.24, 2.45) is 17.8 Å². The van der Waals surface area contributed by atoms with Gasteiger partial charge in [0.25, 0.3) is 5.91 Å². The number of nitrogens with zero attached hydrogens (tertiary/aromatic N) is 2. The van der Waals surface area contributed by atoms with E-state index in [1.54, 1.807) is 12.1 Å². The average Bonchev–Trinajstić information content (AvgIpc) is 3.24. The minimum atomic E-state index is -0.0744. The molecule has 2 aromatic rings. The van der Waals surface area contributed by atoms with Crippen molar-refractivity contribution in [3.8, 4) is 5.75 Å². The first kappa shape index (κ1) is 21.5. The molecule has 1 saturated heterocycles. The maximum Gasteiger partial charge on any atom is 0.285 e. The number of methoxy groups -OCH3 is 1. The van der Waals surface area contributed by atoms with Crippen molar-refractivity contribution in [2.45, 2.75) is 57.8 Å². The summed E-state index contributed by atoms with van der Waals surface area (Å²) in [5, 5.41) is 1.62. The van der Waals surface area contributed by atoms with Crippen molar-refractivity contribution < 1.29 is 9.53 Å². The van der Waals surface area contributed by atoms with Crippen molar-refractivity contribution in [2.75, 3.05) is 12.1 Å². The van der Waals surface area contributed by atoms with Crippen LogP contribution >= 0.6 is 24.0 Å². The largest absolute Gasteiger partial charge is 0.496 e. The van der Waals surface area contributed by atoms with E-state index in [0.29, 0.717) is 14.6 Å². The van der Waals surface area contributed by atoms with Crippen LogP contribution < -0.4 is 9.75 Å². The van der Waals surface area contributed by atoms with Crippen molar-refractivity contribution in [1.82, 2.24) is 4.68 Å². The van der Waals surface area contributed by atoms with E-state index in [-0.39, 0.29) is 5.91 Å². The highest BCUT2D eigenvalue weighted by Crippen LogP contribution is 2.61. The van der Waals surface area contributed by atoms with Gasteiger partial charge in [0.15, 0.2) is 4.32 Å². The van der Waals surface area contributed by atoms with Crippen LogP contribution in [0.3, 0.4) is 0 Å². The van der Waals surface area contributed by atoms with Crippen molar-refractivity contribution in [3.05, 3.63) is 57.8 Å². The molecule has 5 fully saturated rings. The molecule has 1 amide bonds. The Kier molecular flexibility index (Phi) is 5.04. The molecule has 4 bridgehead atoms. The van der Waals surface area contributed by atoms with Gasteiger partial charge in [-0.05, 0) is 124 Å². The average molecular weight is 479 g/mol. The Morgan fingerprint density at radius 3 is 2.21 bits per heavy atom. The molecule has 1 aromatic heterocycles. The van der Waals surface area contributed by atoms with Gasteiger partial charge in [0.1, 0.15) is 5.75 Å². The molecule has 0 unspecified atom stereocenters. The van der Waals surface area contributed by atoms with Gasteiger partial charge in [-0.3, -0.25) is 9.47 Å². The standard InChI is InChI=1S/C27H30N2O2S2/c1-16-4-5-17(2)28(16)29-25(30)24(33-26(29)32)12-21-11-22(6-7-23(21)31-3)27-13-18-8-19(14-27)10-20(9-18)15-27/h4-7,11-12,18-20H,8-10,13-15H2,1-3H3/b24-12+. The zero-order chi connectivity index (χ0) is 22.9. The van der Waals surface area contributed by atoms with Crippen molar-refractivity contribution in [1.29, 1.82) is 0 Å². The van der Waals surface area contributed by atoms with Gasteiger partial charge in [-0.1, -0.05) is 17.8 Å². The number of rotatable bonds is 4. The highest BCUT2D eigenvalue weighted by Gasteiger charge is 2.51. The summed E-state index contributed by atoms with van der Waals surface area (Å²) in [5.74, 6) is 3.42. The summed E-state index contributed by atoms with van der Waals surface area (Å²) in [7, 11) is 1.70. The lowest BCUT2D eigenvalue weighted by atomic mass is 9.48. The highest BCUT2D eigenvalue weighted by atomic mass is 32.2. The molecule has 4 nitrogen and oxygen atoms in total. The SMILES string of the molecule is COc1ccc(C23CC4CC(CC(C4)C2)C3)cc1/C=C1/SC(=S)N(n2c(C)ccc2C)C1=O. The molecule has 4 saturated carbocycles. The van der Waals surface area contributed by atoms with Gasteiger partial charge >= 0.3 is 0 Å². The van der Waals surface area contributed by atoms with Gasteiger partial charge in [-0.2, -0.15) is 5.01 Å². The molecule has 1 aliphatic heterocycles. The zero-order valence-electron chi connectivity index (χ0n) is 19.5. The first-order valence-electron chi connectivity index (χ1n) is 12.0. The third-order valence-corrected chi connectivity index (χ3v) is 9.66. The second-order valence-electron chi connectivity index (χ2n) is 10.6. The van der Waals surface area contributed by atoms with Gasteiger partial charge in [0.2, 0.25) is 0 Å². The quantitative estimate of drug-likeness (QED) is 0.392. The fourth-order valence-electron chi connectivity index (χ4n) is 7.39. The Morgan fingerprint density at radius 1 is 1.03 bits per heavy atom. The molecule has 0 spiro atoms. The normalized spacial score (nSPS) is 31.8. The summed E-state index contributed by atoms with van der Waals surface area (Å²) in [6, 6.07) is 10.7. The number of carbonyl (C=O) groups excluding carboxylic acids is 1. The molecule has 0 N–H and O–H groups in total. The van der Waals surface area contributed by atoms with Gasteiger partial charge in [-0.25, -0.2) is 0 Å². The Hall–Kier alpha value is -2.05. The minimum Gasteiger partial charge on any atom is -0.496 e. The van der Waals surface area contributed by atoms with E-state index in [1.807, 2.05) is 36.7 Å². The number of aromatic nitrogens is 1. The maximum atomic E-state index is 13.4. The van der Waals surface area contributed by atoms with Crippen LogP contribution in [-0.2, 0) is 10.2 Å². The Balaban J connectivity index is 1.37. The molecule has 33 heavy (non-hydrogen) atoms. The molecule has 0 atom stereocenters. The molecule has 5 aliphatic rings. The smallest absolute Gasteiger partial charge is 0.285 e. The number of aryl methyl sites for hydroxylation is 2. The number of ether oxygens (including phenoxy) is 1. The Labute approximate surface area is 205 Å². The second kappa shape index (κ2) is 7.74. The number of benzene rings is 1. The summed E-state index contributed by atoms with van der Waals surface area (Å²) in [6.45, 7) is 3.99. The van der Waals surface area contributed by atoms with Gasteiger partial charge < -0.3 is 4.74 Å². The fraction of sp³-hybridized carbons (Fsp3) is 0.481. The molecule has 1 aromatic carbocycles. The van der Waals surface area contributed by atoms with Crippen LogP contribution in [0.4, 0.5) is 0 Å². The van der Waals surface area contributed by atoms with Gasteiger partial charge in [0, 0.05) is 17.0 Å². The first-order valence-corrected chi connectivity index (χ1v) is 13.2. The second-order valence-corrected chi connectivity index (χ2v) is 12.3. The number of thioether (sulfide) groups is 1. The summed E-state index contributed by atoms with van der Waals surface area (Å²) in [5.41, 5.74) is 4.70. The van der Waals surface area contributed by atoms with E-state index < -0.39 is 0 Å². The summed E-state index contributed by atoms with van der Waals surface area (Å²) < 4.78 is 8.18. The molecular formula is C27H30N2O2S2. The van der Waals surface area contributed by atoms with E-state index in [2.05, 4.69) is 18.2 Å². The topological polar surface area (TPSA) is 34.5 Å². The van der Waals surface area contributed by atoms with Crippen LogP contribution in [0.5, 0.6) is 5.75 Å². The lowest BCUT2D eigenvalue weighted by Crippen LogP contribution is -2.48. The Morgan fingerprint density at radius 2 is 1.64 bits per heavy atom. The summed E-state index contributed by atoms with van der Waals surface area (Å²) in [4.78, 5) is 14.1. The van der Waals surface area contributed by atoms with Crippen LogP contribution in [0, 0.1) is 31.6 Å². The molecule has 7 rings (SSSR count). The Bertz CT molecular complexity index is 1140. The zero-order valence-corrected chi connectivity index (χ0v) is 21.1.